The van der Waals surface area contributed by atoms with Crippen LogP contribution in [-0.4, -0.2) is 34.1 Å². The second-order valence-electron chi connectivity index (χ2n) is 4.66. The Balaban J connectivity index is 1.65. The summed E-state index contributed by atoms with van der Waals surface area (Å²) in [6.07, 6.45) is 8.29. The van der Waals surface area contributed by atoms with E-state index in [-0.39, 0.29) is 6.10 Å². The zero-order valence-corrected chi connectivity index (χ0v) is 10.9. The number of aromatic nitrogens is 3. The molecule has 0 aliphatic carbocycles. The molecule has 1 fully saturated rings. The molecule has 1 unspecified atom stereocenters. The summed E-state index contributed by atoms with van der Waals surface area (Å²) in [6.45, 7) is 3.76. The van der Waals surface area contributed by atoms with Crippen LogP contribution in [0.3, 0.4) is 0 Å². The van der Waals surface area contributed by atoms with Gasteiger partial charge in [0.1, 0.15) is 11.9 Å². The van der Waals surface area contributed by atoms with Gasteiger partial charge in [0.05, 0.1) is 6.54 Å². The van der Waals surface area contributed by atoms with E-state index in [1.807, 2.05) is 25.3 Å². The van der Waals surface area contributed by atoms with E-state index in [4.69, 9.17) is 4.74 Å². The van der Waals surface area contributed by atoms with Crippen LogP contribution in [0.5, 0.6) is 5.75 Å². The molecule has 5 heteroatoms. The molecule has 0 spiro atoms. The Bertz CT molecular complexity index is 546. The largest absolute Gasteiger partial charge is 0.488 e. The summed E-state index contributed by atoms with van der Waals surface area (Å²) < 4.78 is 6.02. The summed E-state index contributed by atoms with van der Waals surface area (Å²) in [5.74, 6) is 1.69. The molecule has 3 rings (SSSR count). The number of hydrogen-bond donors (Lipinski definition) is 0. The Morgan fingerprint density at radius 3 is 2.89 bits per heavy atom. The van der Waals surface area contributed by atoms with Crippen molar-refractivity contribution in [1.29, 1.82) is 0 Å². The molecule has 0 amide bonds. The van der Waals surface area contributed by atoms with E-state index in [0.29, 0.717) is 0 Å². The van der Waals surface area contributed by atoms with E-state index in [1.54, 1.807) is 18.6 Å². The van der Waals surface area contributed by atoms with Gasteiger partial charge in [-0.25, -0.2) is 9.97 Å². The summed E-state index contributed by atoms with van der Waals surface area (Å²) in [6, 6.07) is 3.74. The number of hydrogen-bond acceptors (Lipinski definition) is 5. The average molecular weight is 256 g/mol. The van der Waals surface area contributed by atoms with E-state index in [0.717, 1.165) is 36.8 Å². The van der Waals surface area contributed by atoms with Crippen molar-refractivity contribution >= 4 is 5.95 Å². The van der Waals surface area contributed by atoms with E-state index in [9.17, 15) is 0 Å². The van der Waals surface area contributed by atoms with E-state index < -0.39 is 0 Å². The van der Waals surface area contributed by atoms with Gasteiger partial charge in [0.25, 0.3) is 0 Å². The number of pyridine rings is 1. The summed E-state index contributed by atoms with van der Waals surface area (Å²) >= 11 is 0. The Hall–Kier alpha value is -2.17. The van der Waals surface area contributed by atoms with Crippen molar-refractivity contribution in [1.82, 2.24) is 15.0 Å². The molecule has 1 saturated heterocycles. The fourth-order valence-electron chi connectivity index (χ4n) is 2.23. The van der Waals surface area contributed by atoms with Crippen molar-refractivity contribution < 1.29 is 4.74 Å². The molecule has 0 N–H and O–H groups in total. The van der Waals surface area contributed by atoms with Gasteiger partial charge in [-0.05, 0) is 19.1 Å². The van der Waals surface area contributed by atoms with Crippen LogP contribution in [0, 0.1) is 6.92 Å². The van der Waals surface area contributed by atoms with Crippen molar-refractivity contribution in [3.63, 3.8) is 0 Å². The Kier molecular flexibility index (Phi) is 3.27. The van der Waals surface area contributed by atoms with Gasteiger partial charge < -0.3 is 9.64 Å². The van der Waals surface area contributed by atoms with Crippen LogP contribution in [-0.2, 0) is 0 Å². The quantitative estimate of drug-likeness (QED) is 0.838. The van der Waals surface area contributed by atoms with Crippen LogP contribution in [0.15, 0.2) is 36.9 Å². The van der Waals surface area contributed by atoms with Gasteiger partial charge in [-0.3, -0.25) is 4.98 Å². The SMILES string of the molecule is Cc1cnccc1OC1CCN(c2ncccn2)C1. The molecule has 0 saturated carbocycles. The minimum absolute atomic E-state index is 0.185. The van der Waals surface area contributed by atoms with E-state index in [1.165, 1.54) is 0 Å². The first kappa shape index (κ1) is 11.9. The number of aryl methyl sites for hydroxylation is 1. The summed E-state index contributed by atoms with van der Waals surface area (Å²) in [5, 5.41) is 0. The van der Waals surface area contributed by atoms with Gasteiger partial charge in [-0.2, -0.15) is 0 Å². The van der Waals surface area contributed by atoms with Gasteiger partial charge in [-0.1, -0.05) is 0 Å². The highest BCUT2D eigenvalue weighted by Gasteiger charge is 2.25. The van der Waals surface area contributed by atoms with Crippen LogP contribution in [0.2, 0.25) is 0 Å². The van der Waals surface area contributed by atoms with Crippen molar-refractivity contribution in [2.24, 2.45) is 0 Å². The molecule has 3 heterocycles. The summed E-state index contributed by atoms with van der Waals surface area (Å²) in [4.78, 5) is 14.8. The molecule has 2 aromatic heterocycles. The normalized spacial score (nSPS) is 18.6. The van der Waals surface area contributed by atoms with Gasteiger partial charge in [0.15, 0.2) is 0 Å². The smallest absolute Gasteiger partial charge is 0.225 e. The standard InChI is InChI=1S/C14H16N4O/c1-11-9-15-7-3-13(11)19-12-4-8-18(10-12)14-16-5-2-6-17-14/h2-3,5-7,9,12H,4,8,10H2,1H3. The third kappa shape index (κ3) is 2.65. The minimum Gasteiger partial charge on any atom is -0.488 e. The van der Waals surface area contributed by atoms with Crippen molar-refractivity contribution in [3.8, 4) is 5.75 Å². The highest BCUT2D eigenvalue weighted by atomic mass is 16.5. The fraction of sp³-hybridized carbons (Fsp3) is 0.357. The lowest BCUT2D eigenvalue weighted by atomic mass is 10.2. The van der Waals surface area contributed by atoms with E-state index >= 15 is 0 Å². The predicted molar refractivity (Wildman–Crippen MR) is 72.3 cm³/mol. The number of rotatable bonds is 3. The first-order chi connectivity index (χ1) is 9.33. The second kappa shape index (κ2) is 5.22. The van der Waals surface area contributed by atoms with Gasteiger partial charge in [0, 0.05) is 43.3 Å². The molecule has 0 aromatic carbocycles. The molecule has 2 aromatic rings. The lowest BCUT2D eigenvalue weighted by Gasteiger charge is -2.17. The molecule has 5 nitrogen and oxygen atoms in total. The number of ether oxygens (including phenoxy) is 1. The van der Waals surface area contributed by atoms with E-state index in [2.05, 4.69) is 19.9 Å². The molecule has 0 bridgehead atoms. The van der Waals surface area contributed by atoms with Crippen LogP contribution in [0.1, 0.15) is 12.0 Å². The van der Waals surface area contributed by atoms with Crippen molar-refractivity contribution in [2.75, 3.05) is 18.0 Å². The Morgan fingerprint density at radius 1 is 1.26 bits per heavy atom. The maximum atomic E-state index is 6.02. The van der Waals surface area contributed by atoms with Crippen LogP contribution in [0.25, 0.3) is 0 Å². The van der Waals surface area contributed by atoms with Crippen LogP contribution >= 0.6 is 0 Å². The first-order valence-corrected chi connectivity index (χ1v) is 6.42. The van der Waals surface area contributed by atoms with Crippen molar-refractivity contribution in [3.05, 3.63) is 42.5 Å². The zero-order valence-electron chi connectivity index (χ0n) is 10.9. The highest BCUT2D eigenvalue weighted by Crippen LogP contribution is 2.22. The highest BCUT2D eigenvalue weighted by molar-refractivity contribution is 5.32. The summed E-state index contributed by atoms with van der Waals surface area (Å²) in [7, 11) is 0. The molecule has 1 atom stereocenters. The zero-order chi connectivity index (χ0) is 13.1. The Morgan fingerprint density at radius 2 is 2.11 bits per heavy atom. The maximum absolute atomic E-state index is 6.02. The number of nitrogens with zero attached hydrogens (tertiary/aromatic N) is 4. The fourth-order valence-corrected chi connectivity index (χ4v) is 2.23. The van der Waals surface area contributed by atoms with Crippen LogP contribution in [0.4, 0.5) is 5.95 Å². The second-order valence-corrected chi connectivity index (χ2v) is 4.66. The third-order valence-electron chi connectivity index (χ3n) is 3.24. The lowest BCUT2D eigenvalue weighted by Crippen LogP contribution is -2.26. The molecular weight excluding hydrogens is 240 g/mol. The average Bonchev–Trinajstić information content (AvgIpc) is 2.91. The molecular formula is C14H16N4O. The topological polar surface area (TPSA) is 51.1 Å². The van der Waals surface area contributed by atoms with Gasteiger partial charge in [-0.15, -0.1) is 0 Å². The monoisotopic (exact) mass is 256 g/mol. The summed E-state index contributed by atoms with van der Waals surface area (Å²) in [5.41, 5.74) is 1.07. The predicted octanol–water partition coefficient (Wildman–Crippen LogP) is 1.84. The minimum atomic E-state index is 0.185. The lowest BCUT2D eigenvalue weighted by molar-refractivity contribution is 0.223. The molecule has 0 radical (unpaired) electrons. The molecule has 1 aliphatic heterocycles. The number of anilines is 1. The molecule has 19 heavy (non-hydrogen) atoms. The van der Waals surface area contributed by atoms with Gasteiger partial charge >= 0.3 is 0 Å². The maximum Gasteiger partial charge on any atom is 0.225 e. The van der Waals surface area contributed by atoms with Crippen molar-refractivity contribution in [2.45, 2.75) is 19.4 Å². The molecule has 1 aliphatic rings. The Labute approximate surface area is 112 Å². The molecule has 98 valence electrons. The van der Waals surface area contributed by atoms with Crippen LogP contribution < -0.4 is 9.64 Å². The van der Waals surface area contributed by atoms with Gasteiger partial charge in [0.2, 0.25) is 5.95 Å². The first-order valence-electron chi connectivity index (χ1n) is 6.42. The third-order valence-corrected chi connectivity index (χ3v) is 3.24.